The highest BCUT2D eigenvalue weighted by molar-refractivity contribution is 6.46. The summed E-state index contributed by atoms with van der Waals surface area (Å²) in [6.45, 7) is 0. The van der Waals surface area contributed by atoms with Crippen molar-refractivity contribution in [2.24, 2.45) is 0 Å². The fourth-order valence-corrected chi connectivity index (χ4v) is 6.12. The summed E-state index contributed by atoms with van der Waals surface area (Å²) in [4.78, 5) is 0. The normalized spacial score (nSPS) is 11.2. The largest absolute Gasteiger partial charge is 0.115 e. The smallest absolute Gasteiger partial charge is 0.0328 e. The first kappa shape index (κ1) is 19.7. The second-order valence-electron chi connectivity index (χ2n) is 8.95. The van der Waals surface area contributed by atoms with E-state index in [1.54, 1.807) is 0 Å². The van der Waals surface area contributed by atoms with Gasteiger partial charge in [-0.1, -0.05) is 35.5 Å². The molecule has 36 heavy (non-hydrogen) atoms. The third kappa shape index (κ3) is 2.00. The lowest BCUT2D eigenvalue weighted by molar-refractivity contribution is 1.69. The second-order valence-corrected chi connectivity index (χ2v) is 8.95. The van der Waals surface area contributed by atoms with Crippen LogP contribution in [-0.2, 0) is 0 Å². The highest BCUT2D eigenvalue weighted by Gasteiger charge is 2.26. The molecule has 7 rings (SSSR count). The summed E-state index contributed by atoms with van der Waals surface area (Å²) >= 11 is 0. The molecule has 0 aliphatic carbocycles. The molecule has 0 heterocycles. The van der Waals surface area contributed by atoms with Gasteiger partial charge in [-0.15, -0.1) is 38.5 Å². The average Bonchev–Trinajstić information content (AvgIpc) is 2.93. The zero-order valence-corrected chi connectivity index (χ0v) is 18.9. The zero-order chi connectivity index (χ0) is 24.9. The Morgan fingerprint density at radius 2 is 0.417 bits per heavy atom. The molecule has 0 spiro atoms. The first-order valence-electron chi connectivity index (χ1n) is 11.2. The van der Waals surface area contributed by atoms with Gasteiger partial charge < -0.3 is 0 Å². The molecule has 0 aliphatic rings. The number of benzene rings is 7. The van der Waals surface area contributed by atoms with Crippen LogP contribution >= 0.6 is 0 Å². The Morgan fingerprint density at radius 1 is 0.278 bits per heavy atom. The van der Waals surface area contributed by atoms with Gasteiger partial charge in [0.05, 0.1) is 0 Å². The molecule has 7 aromatic rings. The number of terminal acetylenes is 6. The third-order valence-electron chi connectivity index (χ3n) is 7.52. The van der Waals surface area contributed by atoms with E-state index in [9.17, 15) is 0 Å². The van der Waals surface area contributed by atoms with Crippen molar-refractivity contribution in [2.75, 3.05) is 0 Å². The minimum absolute atomic E-state index is 0.731. The minimum atomic E-state index is 0.731. The number of hydrogen-bond acceptors (Lipinski definition) is 0. The van der Waals surface area contributed by atoms with E-state index in [2.05, 4.69) is 35.5 Å². The summed E-state index contributed by atoms with van der Waals surface area (Å²) in [5.74, 6) is 17.1. The fraction of sp³-hybridized carbons (Fsp3) is 0. The van der Waals surface area contributed by atoms with Crippen molar-refractivity contribution in [3.05, 3.63) is 69.8 Å². The van der Waals surface area contributed by atoms with E-state index in [-0.39, 0.29) is 0 Å². The lowest BCUT2D eigenvalue weighted by Crippen LogP contribution is -2.00. The molecule has 0 saturated carbocycles. The molecule has 0 aromatic heterocycles. The van der Waals surface area contributed by atoms with Crippen LogP contribution < -0.4 is 0 Å². The Hall–Kier alpha value is -5.76. The summed E-state index contributed by atoms with van der Waals surface area (Å²) in [7, 11) is 0. The van der Waals surface area contributed by atoms with E-state index in [1.807, 2.05) is 36.4 Å². The molecule has 0 heteroatoms. The van der Waals surface area contributed by atoms with Crippen LogP contribution in [0.2, 0.25) is 0 Å². The second kappa shape index (κ2) is 6.43. The lowest BCUT2D eigenvalue weighted by Gasteiger charge is -2.24. The van der Waals surface area contributed by atoms with E-state index in [4.69, 9.17) is 38.5 Å². The molecule has 0 nitrogen and oxygen atoms in total. The molecule has 0 unspecified atom stereocenters. The topological polar surface area (TPSA) is 0 Å². The molecule has 0 bridgehead atoms. The zero-order valence-electron chi connectivity index (χ0n) is 18.9. The molecule has 0 amide bonds. The minimum Gasteiger partial charge on any atom is -0.115 e. The molecule has 7 aromatic carbocycles. The summed E-state index contributed by atoms with van der Waals surface area (Å²) < 4.78 is 0. The van der Waals surface area contributed by atoms with Crippen LogP contribution in [0.1, 0.15) is 33.4 Å². The maximum atomic E-state index is 6.01. The summed E-state index contributed by atoms with van der Waals surface area (Å²) in [5.41, 5.74) is 4.38. The lowest BCUT2D eigenvalue weighted by atomic mass is 9.77. The van der Waals surface area contributed by atoms with Crippen molar-refractivity contribution in [1.29, 1.82) is 0 Å². The number of rotatable bonds is 0. The van der Waals surface area contributed by atoms with Crippen molar-refractivity contribution < 1.29 is 0 Å². The molecule has 156 valence electrons. The molecule has 0 atom stereocenters. The Labute approximate surface area is 208 Å². The number of hydrogen-bond donors (Lipinski definition) is 0. The molecule has 0 radical (unpaired) electrons. The predicted octanol–water partition coefficient (Wildman–Crippen LogP) is 6.81. The van der Waals surface area contributed by atoms with Gasteiger partial charge in [0, 0.05) is 65.7 Å². The molecule has 0 saturated heterocycles. The maximum absolute atomic E-state index is 6.01. The van der Waals surface area contributed by atoms with E-state index >= 15 is 0 Å². The Kier molecular flexibility index (Phi) is 3.51. The van der Waals surface area contributed by atoms with Crippen molar-refractivity contribution in [1.82, 2.24) is 0 Å². The van der Waals surface area contributed by atoms with Crippen molar-refractivity contribution in [2.45, 2.75) is 0 Å². The van der Waals surface area contributed by atoms with Gasteiger partial charge >= 0.3 is 0 Å². The van der Waals surface area contributed by atoms with E-state index in [0.717, 1.165) is 98.0 Å². The quantitative estimate of drug-likeness (QED) is 0.137. The SMILES string of the molecule is C#Cc1cc2c(C#C)cc3c(C#C)cc4c(C#C)cc5c(C#C)cc6c(C#C)cc1c1c2c3c4c5c61. The van der Waals surface area contributed by atoms with Crippen molar-refractivity contribution >= 4 is 64.6 Å². The van der Waals surface area contributed by atoms with Gasteiger partial charge in [-0.25, -0.2) is 0 Å². The monoisotopic (exact) mass is 444 g/mol. The molecule has 0 fully saturated rings. The Morgan fingerprint density at radius 3 is 0.528 bits per heavy atom. The van der Waals surface area contributed by atoms with Crippen LogP contribution in [-0.4, -0.2) is 0 Å². The van der Waals surface area contributed by atoms with Gasteiger partial charge in [-0.05, 0) is 68.7 Å². The van der Waals surface area contributed by atoms with Gasteiger partial charge in [0.2, 0.25) is 0 Å². The standard InChI is InChI=1S/C36H12/c1-7-19-13-26-21(9-3)15-28-23(11-5)18-30-24(12-6)17-29-22(10-4)16-27-20(8-2)14-25(19)31-32(26)34(28)36(30)35(29)33(27)31/h1-6,13-18H. The van der Waals surface area contributed by atoms with Gasteiger partial charge in [0.1, 0.15) is 0 Å². The fourth-order valence-electron chi connectivity index (χ4n) is 6.12. The van der Waals surface area contributed by atoms with Crippen LogP contribution in [0, 0.1) is 74.1 Å². The van der Waals surface area contributed by atoms with Gasteiger partial charge in [0.25, 0.3) is 0 Å². The van der Waals surface area contributed by atoms with Gasteiger partial charge in [0.15, 0.2) is 0 Å². The van der Waals surface area contributed by atoms with Crippen LogP contribution in [0.3, 0.4) is 0 Å². The van der Waals surface area contributed by atoms with Gasteiger partial charge in [-0.2, -0.15) is 0 Å². The van der Waals surface area contributed by atoms with E-state index in [1.165, 1.54) is 0 Å². The summed E-state index contributed by atoms with van der Waals surface area (Å²) in [6.07, 6.45) is 36.1. The van der Waals surface area contributed by atoms with Crippen LogP contribution in [0.4, 0.5) is 0 Å². The molecule has 0 aliphatic heterocycles. The molecular weight excluding hydrogens is 432 g/mol. The van der Waals surface area contributed by atoms with Gasteiger partial charge in [-0.3, -0.25) is 0 Å². The van der Waals surface area contributed by atoms with E-state index < -0.39 is 0 Å². The molecule has 0 N–H and O–H groups in total. The highest BCUT2D eigenvalue weighted by Crippen LogP contribution is 2.52. The van der Waals surface area contributed by atoms with Crippen LogP contribution in [0.5, 0.6) is 0 Å². The third-order valence-corrected chi connectivity index (χ3v) is 7.52. The molecular formula is C36H12. The maximum Gasteiger partial charge on any atom is 0.0328 e. The summed E-state index contributed by atoms with van der Waals surface area (Å²) in [5, 5.41) is 11.5. The highest BCUT2D eigenvalue weighted by atomic mass is 14.3. The van der Waals surface area contributed by atoms with E-state index in [0.29, 0.717) is 0 Å². The first-order chi connectivity index (χ1) is 17.6. The van der Waals surface area contributed by atoms with Crippen LogP contribution in [0.15, 0.2) is 36.4 Å². The van der Waals surface area contributed by atoms with Crippen LogP contribution in [0.25, 0.3) is 64.6 Å². The average molecular weight is 444 g/mol. The predicted molar refractivity (Wildman–Crippen MR) is 153 cm³/mol. The van der Waals surface area contributed by atoms with Crippen molar-refractivity contribution in [3.8, 4) is 74.1 Å². The Bertz CT molecular complexity index is 1920. The first-order valence-corrected chi connectivity index (χ1v) is 11.2. The summed E-state index contributed by atoms with van der Waals surface area (Å²) in [6, 6.07) is 11.9. The Balaban J connectivity index is 2.07. The van der Waals surface area contributed by atoms with Crippen molar-refractivity contribution in [3.63, 3.8) is 0 Å².